The highest BCUT2D eigenvalue weighted by Crippen LogP contribution is 2.40. The summed E-state index contributed by atoms with van der Waals surface area (Å²) in [6.07, 6.45) is 0.943. The van der Waals surface area contributed by atoms with Gasteiger partial charge in [0.05, 0.1) is 12.7 Å². The predicted molar refractivity (Wildman–Crippen MR) is 71.9 cm³/mol. The van der Waals surface area contributed by atoms with E-state index in [0.29, 0.717) is 18.2 Å². The second-order valence-electron chi connectivity index (χ2n) is 5.02. The van der Waals surface area contributed by atoms with Crippen molar-refractivity contribution in [2.45, 2.75) is 12.5 Å². The lowest BCUT2D eigenvalue weighted by atomic mass is 9.97. The van der Waals surface area contributed by atoms with E-state index in [1.54, 1.807) is 13.2 Å². The summed E-state index contributed by atoms with van der Waals surface area (Å²) in [5.74, 6) is 1.03. The third kappa shape index (κ3) is 2.50. The van der Waals surface area contributed by atoms with E-state index in [-0.39, 0.29) is 17.4 Å². The minimum atomic E-state index is -0.0425. The number of benzene rings is 1. The van der Waals surface area contributed by atoms with Gasteiger partial charge in [-0.3, -0.25) is 4.90 Å². The number of methoxy groups -OCH3 is 1. The molecule has 0 amide bonds. The van der Waals surface area contributed by atoms with Gasteiger partial charge in [-0.1, -0.05) is 0 Å². The van der Waals surface area contributed by atoms with E-state index in [9.17, 15) is 5.11 Å². The number of nitrogens with two attached hydrogens (primary N) is 1. The fourth-order valence-corrected chi connectivity index (χ4v) is 2.75. The van der Waals surface area contributed by atoms with Crippen molar-refractivity contribution in [3.63, 3.8) is 0 Å². The van der Waals surface area contributed by atoms with Gasteiger partial charge in [0.15, 0.2) is 0 Å². The van der Waals surface area contributed by atoms with E-state index >= 15 is 0 Å². The highest BCUT2D eigenvalue weighted by Gasteiger charge is 2.32. The quantitative estimate of drug-likeness (QED) is 0.855. The molecule has 19 heavy (non-hydrogen) atoms. The standard InChI is InChI=1S/C14H19N3O2/c1-17-8-9(6-15)3-12(17)11-4-10(7-16)13(18)5-14(11)19-2/h4-5,9,12,18H,3,6,8,15H2,1-2H3. The summed E-state index contributed by atoms with van der Waals surface area (Å²) in [6, 6.07) is 5.41. The van der Waals surface area contributed by atoms with E-state index in [0.717, 1.165) is 18.5 Å². The molecule has 2 atom stereocenters. The van der Waals surface area contributed by atoms with Gasteiger partial charge < -0.3 is 15.6 Å². The van der Waals surface area contributed by atoms with Crippen LogP contribution in [0.4, 0.5) is 0 Å². The Bertz CT molecular complexity index is 510. The molecular formula is C14H19N3O2. The highest BCUT2D eigenvalue weighted by atomic mass is 16.5. The van der Waals surface area contributed by atoms with E-state index in [1.165, 1.54) is 6.07 Å². The third-order valence-corrected chi connectivity index (χ3v) is 3.80. The van der Waals surface area contributed by atoms with Crippen LogP contribution >= 0.6 is 0 Å². The number of hydrogen-bond donors (Lipinski definition) is 2. The van der Waals surface area contributed by atoms with Crippen LogP contribution in [0.25, 0.3) is 0 Å². The van der Waals surface area contributed by atoms with Gasteiger partial charge in [-0.05, 0) is 32.0 Å². The first-order valence-corrected chi connectivity index (χ1v) is 6.32. The molecule has 1 aromatic rings. The highest BCUT2D eigenvalue weighted by molar-refractivity contribution is 5.52. The zero-order chi connectivity index (χ0) is 14.0. The Balaban J connectivity index is 2.41. The molecule has 1 aromatic carbocycles. The van der Waals surface area contributed by atoms with Crippen molar-refractivity contribution in [3.8, 4) is 17.6 Å². The van der Waals surface area contributed by atoms with Crippen molar-refractivity contribution in [3.05, 3.63) is 23.3 Å². The lowest BCUT2D eigenvalue weighted by molar-refractivity contribution is 0.302. The van der Waals surface area contributed by atoms with Gasteiger partial charge in [-0.2, -0.15) is 5.26 Å². The van der Waals surface area contributed by atoms with Crippen molar-refractivity contribution in [2.75, 3.05) is 27.2 Å². The van der Waals surface area contributed by atoms with Gasteiger partial charge in [0.2, 0.25) is 0 Å². The molecule has 2 rings (SSSR count). The Labute approximate surface area is 113 Å². The van der Waals surface area contributed by atoms with Crippen LogP contribution < -0.4 is 10.5 Å². The lowest BCUT2D eigenvalue weighted by Gasteiger charge is -2.22. The third-order valence-electron chi connectivity index (χ3n) is 3.80. The van der Waals surface area contributed by atoms with Crippen molar-refractivity contribution >= 4 is 0 Å². The normalized spacial score (nSPS) is 23.3. The van der Waals surface area contributed by atoms with Crippen molar-refractivity contribution in [1.82, 2.24) is 4.90 Å². The molecule has 2 unspecified atom stereocenters. The van der Waals surface area contributed by atoms with Crippen LogP contribution in [0.5, 0.6) is 11.5 Å². The number of nitriles is 1. The molecule has 0 saturated carbocycles. The molecule has 1 aliphatic heterocycles. The second kappa shape index (κ2) is 5.47. The van der Waals surface area contributed by atoms with Gasteiger partial charge in [0, 0.05) is 24.2 Å². The van der Waals surface area contributed by atoms with E-state index < -0.39 is 0 Å². The molecule has 0 aromatic heterocycles. The van der Waals surface area contributed by atoms with Crippen LogP contribution in [-0.2, 0) is 0 Å². The Morgan fingerprint density at radius 2 is 2.32 bits per heavy atom. The first kappa shape index (κ1) is 13.7. The van der Waals surface area contributed by atoms with Crippen molar-refractivity contribution in [1.29, 1.82) is 5.26 Å². The molecule has 1 heterocycles. The molecule has 1 aliphatic rings. The molecule has 1 saturated heterocycles. The van der Waals surface area contributed by atoms with E-state index in [4.69, 9.17) is 15.7 Å². The molecule has 102 valence electrons. The zero-order valence-electron chi connectivity index (χ0n) is 11.3. The average molecular weight is 261 g/mol. The fourth-order valence-electron chi connectivity index (χ4n) is 2.75. The average Bonchev–Trinajstić information content (AvgIpc) is 2.79. The van der Waals surface area contributed by atoms with Gasteiger partial charge in [-0.15, -0.1) is 0 Å². The van der Waals surface area contributed by atoms with Gasteiger partial charge in [-0.25, -0.2) is 0 Å². The minimum absolute atomic E-state index is 0.0425. The Hall–Kier alpha value is -1.77. The first-order chi connectivity index (χ1) is 9.10. The van der Waals surface area contributed by atoms with Crippen LogP contribution in [0.1, 0.15) is 23.6 Å². The van der Waals surface area contributed by atoms with Crippen molar-refractivity contribution < 1.29 is 9.84 Å². The monoisotopic (exact) mass is 261 g/mol. The predicted octanol–water partition coefficient (Wildman–Crippen LogP) is 1.22. The Morgan fingerprint density at radius 3 is 2.84 bits per heavy atom. The molecule has 5 heteroatoms. The van der Waals surface area contributed by atoms with E-state index in [1.807, 2.05) is 13.1 Å². The first-order valence-electron chi connectivity index (χ1n) is 6.32. The van der Waals surface area contributed by atoms with Gasteiger partial charge in [0.25, 0.3) is 0 Å². The van der Waals surface area contributed by atoms with Crippen LogP contribution in [0.2, 0.25) is 0 Å². The number of phenols is 1. The summed E-state index contributed by atoms with van der Waals surface area (Å²) in [7, 11) is 3.61. The van der Waals surface area contributed by atoms with Crippen molar-refractivity contribution in [2.24, 2.45) is 11.7 Å². The SMILES string of the molecule is COc1cc(O)c(C#N)cc1C1CC(CN)CN1C. The molecule has 0 bridgehead atoms. The van der Waals surface area contributed by atoms with Crippen LogP contribution in [0.15, 0.2) is 12.1 Å². The summed E-state index contributed by atoms with van der Waals surface area (Å²) in [5, 5.41) is 18.7. The summed E-state index contributed by atoms with van der Waals surface area (Å²) in [5.41, 5.74) is 6.96. The molecule has 0 radical (unpaired) electrons. The minimum Gasteiger partial charge on any atom is -0.506 e. The van der Waals surface area contributed by atoms with Gasteiger partial charge >= 0.3 is 0 Å². The summed E-state index contributed by atoms with van der Waals surface area (Å²) < 4.78 is 5.33. The smallest absolute Gasteiger partial charge is 0.137 e. The number of phenolic OH excluding ortho intramolecular Hbond substituents is 1. The number of hydrogen-bond acceptors (Lipinski definition) is 5. The van der Waals surface area contributed by atoms with Crippen LogP contribution in [0.3, 0.4) is 0 Å². The Morgan fingerprint density at radius 1 is 1.58 bits per heavy atom. The maximum atomic E-state index is 9.72. The Kier molecular flexibility index (Phi) is 3.93. The zero-order valence-corrected chi connectivity index (χ0v) is 11.3. The number of nitrogens with zero attached hydrogens (tertiary/aromatic N) is 2. The van der Waals surface area contributed by atoms with Crippen LogP contribution in [-0.4, -0.2) is 37.3 Å². The molecule has 1 fully saturated rings. The van der Waals surface area contributed by atoms with Crippen LogP contribution in [0, 0.1) is 17.2 Å². The molecule has 3 N–H and O–H groups in total. The summed E-state index contributed by atoms with van der Waals surface area (Å²) in [4.78, 5) is 2.22. The van der Waals surface area contributed by atoms with E-state index in [2.05, 4.69) is 4.90 Å². The number of likely N-dealkylation sites (tertiary alicyclic amines) is 1. The number of aromatic hydroxyl groups is 1. The summed E-state index contributed by atoms with van der Waals surface area (Å²) >= 11 is 0. The topological polar surface area (TPSA) is 82.5 Å². The maximum absolute atomic E-state index is 9.72. The molecular weight excluding hydrogens is 242 g/mol. The molecule has 5 nitrogen and oxygen atoms in total. The fraction of sp³-hybridized carbons (Fsp3) is 0.500. The van der Waals surface area contributed by atoms with Gasteiger partial charge in [0.1, 0.15) is 17.6 Å². The molecule has 0 aliphatic carbocycles. The maximum Gasteiger partial charge on any atom is 0.137 e. The number of ether oxygens (including phenoxy) is 1. The number of rotatable bonds is 3. The largest absolute Gasteiger partial charge is 0.506 e. The molecule has 0 spiro atoms. The summed E-state index contributed by atoms with van der Waals surface area (Å²) in [6.45, 7) is 1.60. The lowest BCUT2D eigenvalue weighted by Crippen LogP contribution is -2.21. The second-order valence-corrected chi connectivity index (χ2v) is 5.02.